The lowest BCUT2D eigenvalue weighted by molar-refractivity contribution is -0.144. The van der Waals surface area contributed by atoms with Crippen molar-refractivity contribution in [3.8, 4) is 11.5 Å². The third kappa shape index (κ3) is 8.30. The van der Waals surface area contributed by atoms with E-state index < -0.39 is 58.0 Å². The number of rotatable bonds is 12. The molecule has 11 nitrogen and oxygen atoms in total. The zero-order valence-corrected chi connectivity index (χ0v) is 27.2. The first-order valence-electron chi connectivity index (χ1n) is 13.6. The van der Waals surface area contributed by atoms with Gasteiger partial charge in [-0.25, -0.2) is 0 Å². The van der Waals surface area contributed by atoms with Crippen LogP contribution in [-0.2, 0) is 38.2 Å². The Bertz CT molecular complexity index is 1430. The predicted molar refractivity (Wildman–Crippen MR) is 164 cm³/mol. The summed E-state index contributed by atoms with van der Waals surface area (Å²) in [5.41, 5.74) is 0.758. The van der Waals surface area contributed by atoms with Crippen molar-refractivity contribution in [3.63, 3.8) is 0 Å². The predicted octanol–water partition coefficient (Wildman–Crippen LogP) is 4.55. The van der Waals surface area contributed by atoms with Gasteiger partial charge >= 0.3 is 11.9 Å². The molecule has 0 saturated heterocycles. The summed E-state index contributed by atoms with van der Waals surface area (Å²) in [6, 6.07) is 10.2. The molecule has 0 aromatic heterocycles. The first-order chi connectivity index (χ1) is 20.7. The van der Waals surface area contributed by atoms with Crippen molar-refractivity contribution in [2.24, 2.45) is 5.41 Å². The second kappa shape index (κ2) is 14.9. The molecule has 0 bridgehead atoms. The fourth-order valence-corrected chi connectivity index (χ4v) is 5.78. The van der Waals surface area contributed by atoms with Gasteiger partial charge < -0.3 is 28.6 Å². The highest BCUT2D eigenvalue weighted by Crippen LogP contribution is 2.46. The van der Waals surface area contributed by atoms with Gasteiger partial charge in [0, 0.05) is 40.7 Å². The number of esters is 2. The number of halogens is 1. The number of hydrogen-bond acceptors (Lipinski definition) is 11. The minimum Gasteiger partial charge on any atom is -0.493 e. The quantitative estimate of drug-likeness (QED) is 0.237. The highest BCUT2D eigenvalue weighted by molar-refractivity contribution is 8.15. The van der Waals surface area contributed by atoms with Gasteiger partial charge in [0.15, 0.2) is 27.6 Å². The zero-order valence-electron chi connectivity index (χ0n) is 25.6. The Labute approximate surface area is 265 Å². The highest BCUT2D eigenvalue weighted by Gasteiger charge is 2.41. The summed E-state index contributed by atoms with van der Waals surface area (Å²) in [6.45, 7) is 6.23. The number of ketones is 1. The van der Waals surface area contributed by atoms with Crippen LogP contribution < -0.4 is 14.4 Å². The third-order valence-corrected chi connectivity index (χ3v) is 8.18. The second-order valence-electron chi connectivity index (χ2n) is 10.9. The van der Waals surface area contributed by atoms with Gasteiger partial charge in [-0.3, -0.25) is 24.0 Å². The minimum absolute atomic E-state index is 0.0158. The van der Waals surface area contributed by atoms with E-state index in [1.165, 1.54) is 33.0 Å². The number of para-hydroxylation sites is 1. The van der Waals surface area contributed by atoms with Gasteiger partial charge in [0.1, 0.15) is 12.2 Å². The number of fused-ring (bicyclic) bond motifs is 1. The van der Waals surface area contributed by atoms with Gasteiger partial charge in [-0.15, -0.1) is 0 Å². The zero-order chi connectivity index (χ0) is 32.8. The Morgan fingerprint density at radius 3 is 2.34 bits per heavy atom. The van der Waals surface area contributed by atoms with Crippen LogP contribution in [0.2, 0.25) is 5.02 Å². The van der Waals surface area contributed by atoms with E-state index >= 15 is 0 Å². The molecule has 0 N–H and O–H groups in total. The molecule has 1 heterocycles. The average molecular weight is 650 g/mol. The van der Waals surface area contributed by atoms with Crippen molar-refractivity contribution < 1.29 is 47.7 Å². The molecule has 0 radical (unpaired) electrons. The van der Waals surface area contributed by atoms with Gasteiger partial charge in [0.05, 0.1) is 34.4 Å². The topological polar surface area (TPSA) is 135 Å². The van der Waals surface area contributed by atoms with Crippen LogP contribution in [0.1, 0.15) is 51.3 Å². The number of ether oxygens (including phenoxy) is 5. The third-order valence-electron chi connectivity index (χ3n) is 6.76. The number of thioether (sulfide) groups is 1. The number of hydrogen-bond donors (Lipinski definition) is 0. The number of carbonyl (C=O) groups is 5. The van der Waals surface area contributed by atoms with Gasteiger partial charge in [0.25, 0.3) is 5.91 Å². The molecule has 0 fully saturated rings. The van der Waals surface area contributed by atoms with E-state index in [1.807, 2.05) is 13.8 Å². The fourth-order valence-electron chi connectivity index (χ4n) is 4.73. The lowest BCUT2D eigenvalue weighted by atomic mass is 9.92. The monoisotopic (exact) mass is 649 g/mol. The summed E-state index contributed by atoms with van der Waals surface area (Å²) in [5.74, 6) is -1.70. The Hall–Kier alpha value is -3.61. The molecular formula is C31H36ClNO10S. The molecule has 0 saturated carbocycles. The number of nitrogens with zero attached hydrogens (tertiary/aromatic N) is 1. The van der Waals surface area contributed by atoms with Crippen LogP contribution in [0.3, 0.4) is 0 Å². The Morgan fingerprint density at radius 1 is 1.05 bits per heavy atom. The van der Waals surface area contributed by atoms with Gasteiger partial charge in [-0.2, -0.15) is 0 Å². The largest absolute Gasteiger partial charge is 0.493 e. The Balaban J connectivity index is 2.17. The molecule has 238 valence electrons. The SMILES string of the molecule is COC(=O)C(SC(=O)C[C@H]1O[C@H](c2cccc(OC)c2OC)c2cc(Cl)ccc2N(CC(C)(C)COC(C)=O)C1=O)C(C)=O. The van der Waals surface area contributed by atoms with E-state index in [9.17, 15) is 24.0 Å². The van der Waals surface area contributed by atoms with E-state index in [-0.39, 0.29) is 13.2 Å². The normalized spacial score (nSPS) is 17.2. The highest BCUT2D eigenvalue weighted by atomic mass is 35.5. The molecule has 1 aliphatic heterocycles. The molecule has 0 aliphatic carbocycles. The molecule has 13 heteroatoms. The van der Waals surface area contributed by atoms with Crippen molar-refractivity contribution in [3.05, 3.63) is 52.5 Å². The Morgan fingerprint density at radius 2 is 1.75 bits per heavy atom. The van der Waals surface area contributed by atoms with Gasteiger partial charge in [0.2, 0.25) is 0 Å². The first kappa shape index (κ1) is 34.9. The van der Waals surface area contributed by atoms with E-state index in [0.29, 0.717) is 45.1 Å². The Kier molecular flexibility index (Phi) is 11.8. The van der Waals surface area contributed by atoms with E-state index in [2.05, 4.69) is 4.74 Å². The van der Waals surface area contributed by atoms with Crippen molar-refractivity contribution in [2.75, 3.05) is 39.4 Å². The van der Waals surface area contributed by atoms with Crippen molar-refractivity contribution in [1.29, 1.82) is 0 Å². The maximum atomic E-state index is 14.3. The summed E-state index contributed by atoms with van der Waals surface area (Å²) < 4.78 is 27.6. The smallest absolute Gasteiger partial charge is 0.326 e. The van der Waals surface area contributed by atoms with Crippen LogP contribution in [-0.4, -0.2) is 74.6 Å². The molecule has 1 aliphatic rings. The van der Waals surface area contributed by atoms with Crippen molar-refractivity contribution >= 4 is 57.8 Å². The van der Waals surface area contributed by atoms with Gasteiger partial charge in [-0.05, 0) is 31.2 Å². The number of benzene rings is 2. The molecule has 0 spiro atoms. The molecule has 2 aromatic rings. The van der Waals surface area contributed by atoms with Crippen LogP contribution in [0.15, 0.2) is 36.4 Å². The van der Waals surface area contributed by atoms with Crippen molar-refractivity contribution in [1.82, 2.24) is 0 Å². The molecular weight excluding hydrogens is 614 g/mol. The molecule has 1 unspecified atom stereocenters. The lowest BCUT2D eigenvalue weighted by Gasteiger charge is -2.33. The summed E-state index contributed by atoms with van der Waals surface area (Å²) in [7, 11) is 4.08. The summed E-state index contributed by atoms with van der Waals surface area (Å²) >= 11 is 6.94. The maximum absolute atomic E-state index is 14.3. The van der Waals surface area contributed by atoms with E-state index in [1.54, 1.807) is 36.4 Å². The van der Waals surface area contributed by atoms with Gasteiger partial charge in [-0.1, -0.05) is 49.3 Å². The first-order valence-corrected chi connectivity index (χ1v) is 14.9. The van der Waals surface area contributed by atoms with E-state index in [0.717, 1.165) is 7.11 Å². The molecule has 3 rings (SSSR count). The van der Waals surface area contributed by atoms with Crippen LogP contribution in [0.5, 0.6) is 11.5 Å². The van der Waals surface area contributed by atoms with E-state index in [4.69, 9.17) is 30.5 Å². The second-order valence-corrected chi connectivity index (χ2v) is 12.5. The molecule has 3 atom stereocenters. The van der Waals surface area contributed by atoms with Crippen molar-refractivity contribution in [2.45, 2.75) is 51.6 Å². The van der Waals surface area contributed by atoms with Crippen LogP contribution in [0.25, 0.3) is 0 Å². The van der Waals surface area contributed by atoms with Crippen LogP contribution in [0, 0.1) is 5.41 Å². The summed E-state index contributed by atoms with van der Waals surface area (Å²) in [4.78, 5) is 64.9. The maximum Gasteiger partial charge on any atom is 0.326 e. The van der Waals surface area contributed by atoms with Crippen LogP contribution >= 0.6 is 23.4 Å². The number of Topliss-reactive ketones (excluding diaryl/α,β-unsaturated/α-hetero) is 1. The summed E-state index contributed by atoms with van der Waals surface area (Å²) in [6.07, 6.45) is -2.81. The fraction of sp³-hybridized carbons (Fsp3) is 0.452. The number of anilines is 1. The molecule has 44 heavy (non-hydrogen) atoms. The minimum atomic E-state index is -1.39. The molecule has 1 amide bonds. The standard InChI is InChI=1S/C31H36ClNO10S/c1-17(34)28(30(38)41-7)44-25(36)14-24-29(37)33(15-31(3,4)16-42-18(2)35)22-12-11-19(32)13-21(22)26(43-24)20-9-8-10-23(39-5)27(20)40-6/h8-13,24,26,28H,14-16H2,1-7H3/t24-,26-,28?/m1/s1. The van der Waals surface area contributed by atoms with Crippen LogP contribution in [0.4, 0.5) is 5.69 Å². The number of methoxy groups -OCH3 is 3. The number of carbonyl (C=O) groups excluding carboxylic acids is 5. The summed E-state index contributed by atoms with van der Waals surface area (Å²) in [5, 5.41) is -1.65. The number of amides is 1. The lowest BCUT2D eigenvalue weighted by Crippen LogP contribution is -2.46. The average Bonchev–Trinajstić information content (AvgIpc) is 3.08. The molecule has 2 aromatic carbocycles.